The largest absolute Gasteiger partial charge is 0.395 e. The number of halogens is 1. The molecule has 1 aromatic rings. The summed E-state index contributed by atoms with van der Waals surface area (Å²) in [5.41, 5.74) is 5.05. The SMILES string of the molecule is CCN(CCC#N)S(=O)(=O)c1cccc(F)c1N. The molecule has 0 saturated heterocycles. The van der Waals surface area contributed by atoms with Crippen molar-refractivity contribution in [3.63, 3.8) is 0 Å². The maximum atomic E-state index is 13.3. The van der Waals surface area contributed by atoms with Crippen LogP contribution >= 0.6 is 0 Å². The van der Waals surface area contributed by atoms with Crippen molar-refractivity contribution < 1.29 is 12.8 Å². The predicted molar refractivity (Wildman–Crippen MR) is 65.5 cm³/mol. The van der Waals surface area contributed by atoms with E-state index in [2.05, 4.69) is 0 Å². The number of nitrogen functional groups attached to an aromatic ring is 1. The lowest BCUT2D eigenvalue weighted by molar-refractivity contribution is 0.435. The van der Waals surface area contributed by atoms with E-state index in [9.17, 15) is 12.8 Å². The van der Waals surface area contributed by atoms with Crippen LogP contribution in [0.4, 0.5) is 10.1 Å². The number of nitrogens with two attached hydrogens (primary N) is 1. The fraction of sp³-hybridized carbons (Fsp3) is 0.364. The first-order valence-electron chi connectivity index (χ1n) is 5.36. The van der Waals surface area contributed by atoms with Gasteiger partial charge >= 0.3 is 0 Å². The van der Waals surface area contributed by atoms with Crippen LogP contribution in [0.2, 0.25) is 0 Å². The van der Waals surface area contributed by atoms with Crippen molar-refractivity contribution in [2.24, 2.45) is 0 Å². The van der Waals surface area contributed by atoms with Crippen LogP contribution < -0.4 is 5.73 Å². The molecule has 1 rings (SSSR count). The van der Waals surface area contributed by atoms with E-state index in [1.807, 2.05) is 6.07 Å². The van der Waals surface area contributed by atoms with Crippen molar-refractivity contribution >= 4 is 15.7 Å². The number of hydrogen-bond acceptors (Lipinski definition) is 4. The van der Waals surface area contributed by atoms with Crippen LogP contribution in [0.25, 0.3) is 0 Å². The van der Waals surface area contributed by atoms with Crippen molar-refractivity contribution in [1.82, 2.24) is 4.31 Å². The van der Waals surface area contributed by atoms with E-state index >= 15 is 0 Å². The molecule has 1 aromatic carbocycles. The third-order valence-corrected chi connectivity index (χ3v) is 4.49. The van der Waals surface area contributed by atoms with Crippen molar-refractivity contribution in [3.8, 4) is 6.07 Å². The Labute approximate surface area is 106 Å². The van der Waals surface area contributed by atoms with E-state index in [4.69, 9.17) is 11.0 Å². The molecule has 0 aromatic heterocycles. The minimum absolute atomic E-state index is 0.0608. The van der Waals surface area contributed by atoms with Crippen LogP contribution in [0.15, 0.2) is 23.1 Å². The second-order valence-electron chi connectivity index (χ2n) is 3.56. The molecule has 0 bridgehead atoms. The highest BCUT2D eigenvalue weighted by Crippen LogP contribution is 2.24. The molecule has 0 aliphatic rings. The average Bonchev–Trinajstić information content (AvgIpc) is 2.33. The summed E-state index contributed by atoms with van der Waals surface area (Å²) >= 11 is 0. The van der Waals surface area contributed by atoms with Crippen LogP contribution in [0, 0.1) is 17.1 Å². The van der Waals surface area contributed by atoms with E-state index in [0.29, 0.717) is 0 Å². The highest BCUT2D eigenvalue weighted by Gasteiger charge is 2.25. The highest BCUT2D eigenvalue weighted by atomic mass is 32.2. The lowest BCUT2D eigenvalue weighted by atomic mass is 10.3. The standard InChI is InChI=1S/C11H14FN3O2S/c1-2-15(8-4-7-13)18(16,17)10-6-3-5-9(12)11(10)14/h3,5-6H,2,4,8,14H2,1H3. The van der Waals surface area contributed by atoms with Crippen LogP contribution in [-0.4, -0.2) is 25.8 Å². The molecule has 0 amide bonds. The van der Waals surface area contributed by atoms with Crippen LogP contribution in [0.3, 0.4) is 0 Å². The van der Waals surface area contributed by atoms with Gasteiger partial charge in [0.15, 0.2) is 0 Å². The number of para-hydroxylation sites is 1. The van der Waals surface area contributed by atoms with Gasteiger partial charge in [0.2, 0.25) is 10.0 Å². The molecule has 5 nitrogen and oxygen atoms in total. The lowest BCUT2D eigenvalue weighted by Crippen LogP contribution is -2.32. The molecule has 0 saturated carbocycles. The molecule has 0 spiro atoms. The molecule has 7 heteroatoms. The molecule has 0 radical (unpaired) electrons. The van der Waals surface area contributed by atoms with Gasteiger partial charge in [-0.1, -0.05) is 13.0 Å². The first-order valence-corrected chi connectivity index (χ1v) is 6.80. The van der Waals surface area contributed by atoms with Gasteiger partial charge in [0, 0.05) is 19.5 Å². The first kappa shape index (κ1) is 14.4. The van der Waals surface area contributed by atoms with Crippen LogP contribution in [0.1, 0.15) is 13.3 Å². The Hall–Kier alpha value is -1.65. The number of hydrogen-bond donors (Lipinski definition) is 1. The van der Waals surface area contributed by atoms with Gasteiger partial charge in [-0.05, 0) is 12.1 Å². The van der Waals surface area contributed by atoms with Gasteiger partial charge in [-0.25, -0.2) is 12.8 Å². The Morgan fingerprint density at radius 2 is 2.17 bits per heavy atom. The normalized spacial score (nSPS) is 11.4. The summed E-state index contributed by atoms with van der Waals surface area (Å²) in [4.78, 5) is -0.262. The highest BCUT2D eigenvalue weighted by molar-refractivity contribution is 7.89. The summed E-state index contributed by atoms with van der Waals surface area (Å²) in [6.45, 7) is 1.90. The molecule has 0 aliphatic carbocycles. The molecular formula is C11H14FN3O2S. The third kappa shape index (κ3) is 2.78. The summed E-state index contributed by atoms with van der Waals surface area (Å²) in [6, 6.07) is 5.51. The maximum Gasteiger partial charge on any atom is 0.245 e. The predicted octanol–water partition coefficient (Wildman–Crippen LogP) is 1.33. The second kappa shape index (κ2) is 5.80. The van der Waals surface area contributed by atoms with Gasteiger partial charge < -0.3 is 5.73 Å². The van der Waals surface area contributed by atoms with E-state index in [0.717, 1.165) is 10.4 Å². The fourth-order valence-corrected chi connectivity index (χ4v) is 3.08. The molecule has 0 unspecified atom stereocenters. The zero-order valence-corrected chi connectivity index (χ0v) is 10.7. The van der Waals surface area contributed by atoms with E-state index < -0.39 is 21.5 Å². The third-order valence-electron chi connectivity index (χ3n) is 2.46. The fourth-order valence-electron chi connectivity index (χ4n) is 1.50. The summed E-state index contributed by atoms with van der Waals surface area (Å²) in [5.74, 6) is -0.771. The number of rotatable bonds is 5. The van der Waals surface area contributed by atoms with Crippen molar-refractivity contribution in [3.05, 3.63) is 24.0 Å². The molecule has 0 aliphatic heterocycles. The smallest absolute Gasteiger partial charge is 0.245 e. The summed E-state index contributed by atoms with van der Waals surface area (Å²) in [6.07, 6.45) is 0.0717. The molecule has 0 heterocycles. The molecule has 2 N–H and O–H groups in total. The van der Waals surface area contributed by atoms with Gasteiger partial charge in [0.1, 0.15) is 10.7 Å². The molecule has 0 fully saturated rings. The van der Waals surface area contributed by atoms with Crippen molar-refractivity contribution in [2.45, 2.75) is 18.2 Å². The zero-order valence-electron chi connectivity index (χ0n) is 9.93. The maximum absolute atomic E-state index is 13.3. The number of benzene rings is 1. The Balaban J connectivity index is 3.20. The van der Waals surface area contributed by atoms with Crippen molar-refractivity contribution in [1.29, 1.82) is 5.26 Å². The topological polar surface area (TPSA) is 87.2 Å². The molecular weight excluding hydrogens is 257 g/mol. The quantitative estimate of drug-likeness (QED) is 0.818. The van der Waals surface area contributed by atoms with Gasteiger partial charge in [0.05, 0.1) is 11.8 Å². The number of nitriles is 1. The minimum atomic E-state index is -3.86. The molecule has 0 atom stereocenters. The van der Waals surface area contributed by atoms with Gasteiger partial charge in [-0.15, -0.1) is 0 Å². The monoisotopic (exact) mass is 271 g/mol. The number of anilines is 1. The molecule has 98 valence electrons. The first-order chi connectivity index (χ1) is 8.45. The van der Waals surface area contributed by atoms with Gasteiger partial charge in [-0.3, -0.25) is 0 Å². The van der Waals surface area contributed by atoms with Crippen molar-refractivity contribution in [2.75, 3.05) is 18.8 Å². The zero-order chi connectivity index (χ0) is 13.8. The van der Waals surface area contributed by atoms with Gasteiger partial charge in [0.25, 0.3) is 0 Å². The van der Waals surface area contributed by atoms with E-state index in [1.54, 1.807) is 6.92 Å². The second-order valence-corrected chi connectivity index (χ2v) is 5.46. The van der Waals surface area contributed by atoms with Gasteiger partial charge in [-0.2, -0.15) is 9.57 Å². The number of sulfonamides is 1. The Morgan fingerprint density at radius 3 is 2.72 bits per heavy atom. The summed E-state index contributed by atoms with van der Waals surface area (Å²) in [7, 11) is -3.86. The van der Waals surface area contributed by atoms with Crippen LogP contribution in [0.5, 0.6) is 0 Å². The summed E-state index contributed by atoms with van der Waals surface area (Å²) < 4.78 is 38.8. The average molecular weight is 271 g/mol. The summed E-state index contributed by atoms with van der Waals surface area (Å²) in [5, 5.41) is 8.49. The Kier molecular flexibility index (Phi) is 4.64. The Morgan fingerprint density at radius 1 is 1.50 bits per heavy atom. The van der Waals surface area contributed by atoms with E-state index in [-0.39, 0.29) is 24.4 Å². The molecule has 18 heavy (non-hydrogen) atoms. The van der Waals surface area contributed by atoms with Crippen LogP contribution in [-0.2, 0) is 10.0 Å². The number of nitrogens with zero attached hydrogens (tertiary/aromatic N) is 2. The van der Waals surface area contributed by atoms with E-state index in [1.165, 1.54) is 12.1 Å². The Bertz CT molecular complexity index is 566. The minimum Gasteiger partial charge on any atom is -0.395 e. The lowest BCUT2D eigenvalue weighted by Gasteiger charge is -2.20.